The summed E-state index contributed by atoms with van der Waals surface area (Å²) in [5.74, 6) is -0.0737. The van der Waals surface area contributed by atoms with Gasteiger partial charge in [0.15, 0.2) is 0 Å². The van der Waals surface area contributed by atoms with E-state index in [-0.39, 0.29) is 17.9 Å². The molecule has 174 valence electrons. The number of piperidine rings is 1. The van der Waals surface area contributed by atoms with Gasteiger partial charge in [0.05, 0.1) is 10.6 Å². The number of rotatable bonds is 5. The van der Waals surface area contributed by atoms with Crippen LogP contribution in [0.15, 0.2) is 52.9 Å². The van der Waals surface area contributed by atoms with Crippen LogP contribution in [0.5, 0.6) is 0 Å². The van der Waals surface area contributed by atoms with Gasteiger partial charge in [-0.1, -0.05) is 18.0 Å². The lowest BCUT2D eigenvalue weighted by atomic mass is 10.0. The van der Waals surface area contributed by atoms with Gasteiger partial charge in [0.1, 0.15) is 17.3 Å². The second-order valence-electron chi connectivity index (χ2n) is 8.46. The minimum atomic E-state index is -0.428. The maximum atomic E-state index is 13.7. The summed E-state index contributed by atoms with van der Waals surface area (Å²) in [6.07, 6.45) is 4.94. The molecule has 0 spiro atoms. The van der Waals surface area contributed by atoms with Gasteiger partial charge in [-0.3, -0.25) is 9.59 Å². The molecule has 1 saturated heterocycles. The molecule has 1 fully saturated rings. The first kappa shape index (κ1) is 22.4. The van der Waals surface area contributed by atoms with Gasteiger partial charge in [0.2, 0.25) is 0 Å². The zero-order valence-corrected chi connectivity index (χ0v) is 19.0. The van der Waals surface area contributed by atoms with Crippen LogP contribution >= 0.6 is 11.6 Å². The van der Waals surface area contributed by atoms with Gasteiger partial charge in [0, 0.05) is 35.0 Å². The molecule has 8 heteroatoms. The van der Waals surface area contributed by atoms with E-state index in [0.717, 1.165) is 19.4 Å². The molecule has 2 aliphatic heterocycles. The number of furan rings is 1. The largest absolute Gasteiger partial charge is 0.457 e. The SMILES string of the molecule is O=C1Nc2ccc(F)cc2/C1=C\c1ccc(-c2cc(C(=O)NCC3CCCCN3)ccc2Cl)o1. The topological polar surface area (TPSA) is 83.4 Å². The molecule has 2 aliphatic rings. The summed E-state index contributed by atoms with van der Waals surface area (Å²) in [6, 6.07) is 12.9. The molecule has 1 unspecified atom stereocenters. The number of hydrogen-bond acceptors (Lipinski definition) is 4. The quantitative estimate of drug-likeness (QED) is 0.444. The summed E-state index contributed by atoms with van der Waals surface area (Å²) < 4.78 is 19.6. The summed E-state index contributed by atoms with van der Waals surface area (Å²) in [5.41, 5.74) is 2.39. The Labute approximate surface area is 201 Å². The summed E-state index contributed by atoms with van der Waals surface area (Å²) >= 11 is 6.40. The number of carbonyl (C=O) groups excluding carboxylic acids is 2. The zero-order valence-electron chi connectivity index (χ0n) is 18.3. The van der Waals surface area contributed by atoms with Crippen LogP contribution in [0.1, 0.15) is 40.9 Å². The van der Waals surface area contributed by atoms with Crippen LogP contribution < -0.4 is 16.0 Å². The molecule has 1 atom stereocenters. The van der Waals surface area contributed by atoms with Crippen molar-refractivity contribution in [2.75, 3.05) is 18.4 Å². The Morgan fingerprint density at radius 1 is 1.15 bits per heavy atom. The number of anilines is 1. The summed E-state index contributed by atoms with van der Waals surface area (Å²) in [5, 5.41) is 9.54. The molecule has 5 rings (SSSR count). The average molecular weight is 480 g/mol. The monoisotopic (exact) mass is 479 g/mol. The molecule has 3 N–H and O–H groups in total. The second kappa shape index (κ2) is 9.44. The molecule has 0 radical (unpaired) electrons. The Morgan fingerprint density at radius 3 is 2.85 bits per heavy atom. The third-order valence-corrected chi connectivity index (χ3v) is 6.42. The number of nitrogens with one attached hydrogen (secondary N) is 3. The van der Waals surface area contributed by atoms with Crippen molar-refractivity contribution in [3.63, 3.8) is 0 Å². The predicted octanol–water partition coefficient (Wildman–Crippen LogP) is 5.10. The zero-order chi connectivity index (χ0) is 23.7. The fourth-order valence-corrected chi connectivity index (χ4v) is 4.50. The van der Waals surface area contributed by atoms with E-state index in [1.807, 2.05) is 0 Å². The molecule has 6 nitrogen and oxygen atoms in total. The van der Waals surface area contributed by atoms with Crippen molar-refractivity contribution in [2.45, 2.75) is 25.3 Å². The lowest BCUT2D eigenvalue weighted by Gasteiger charge is -2.23. The van der Waals surface area contributed by atoms with Gasteiger partial charge in [-0.2, -0.15) is 0 Å². The molecule has 34 heavy (non-hydrogen) atoms. The highest BCUT2D eigenvalue weighted by Crippen LogP contribution is 2.35. The number of halogens is 2. The summed E-state index contributed by atoms with van der Waals surface area (Å²) in [7, 11) is 0. The maximum Gasteiger partial charge on any atom is 0.256 e. The van der Waals surface area contributed by atoms with E-state index < -0.39 is 5.82 Å². The van der Waals surface area contributed by atoms with E-state index in [2.05, 4.69) is 16.0 Å². The van der Waals surface area contributed by atoms with Crippen LogP contribution in [-0.2, 0) is 4.79 Å². The second-order valence-corrected chi connectivity index (χ2v) is 8.86. The summed E-state index contributed by atoms with van der Waals surface area (Å²) in [4.78, 5) is 25.1. The highest BCUT2D eigenvalue weighted by Gasteiger charge is 2.25. The van der Waals surface area contributed by atoms with Crippen molar-refractivity contribution in [1.29, 1.82) is 0 Å². The number of hydrogen-bond donors (Lipinski definition) is 3. The van der Waals surface area contributed by atoms with Crippen molar-refractivity contribution in [1.82, 2.24) is 10.6 Å². The van der Waals surface area contributed by atoms with Crippen molar-refractivity contribution in [2.24, 2.45) is 0 Å². The number of amides is 2. The molecule has 3 heterocycles. The highest BCUT2D eigenvalue weighted by atomic mass is 35.5. The first-order chi connectivity index (χ1) is 16.5. The van der Waals surface area contributed by atoms with Gasteiger partial charge in [-0.15, -0.1) is 0 Å². The van der Waals surface area contributed by atoms with E-state index in [1.54, 1.807) is 36.4 Å². The Morgan fingerprint density at radius 2 is 2.03 bits per heavy atom. The van der Waals surface area contributed by atoms with Crippen molar-refractivity contribution >= 4 is 40.8 Å². The Balaban J connectivity index is 1.36. The van der Waals surface area contributed by atoms with Crippen LogP contribution in [0.3, 0.4) is 0 Å². The molecular weight excluding hydrogens is 457 g/mol. The van der Waals surface area contributed by atoms with Gasteiger partial charge in [0.25, 0.3) is 11.8 Å². The smallest absolute Gasteiger partial charge is 0.256 e. The Hall–Kier alpha value is -3.42. The molecule has 1 aromatic heterocycles. The molecule has 3 aromatic rings. The minimum absolute atomic E-state index is 0.180. The van der Waals surface area contributed by atoms with Crippen LogP contribution in [0.25, 0.3) is 23.0 Å². The lowest BCUT2D eigenvalue weighted by molar-refractivity contribution is -0.110. The van der Waals surface area contributed by atoms with E-state index in [9.17, 15) is 14.0 Å². The van der Waals surface area contributed by atoms with E-state index in [1.165, 1.54) is 24.6 Å². The average Bonchev–Trinajstić information content (AvgIpc) is 3.43. The maximum absolute atomic E-state index is 13.7. The molecule has 2 aromatic carbocycles. The Kier molecular flexibility index (Phi) is 6.22. The van der Waals surface area contributed by atoms with Gasteiger partial charge < -0.3 is 20.4 Å². The van der Waals surface area contributed by atoms with Crippen molar-refractivity contribution in [3.8, 4) is 11.3 Å². The molecule has 0 bridgehead atoms. The fraction of sp³-hybridized carbons (Fsp3) is 0.231. The Bertz CT molecular complexity index is 1290. The fourth-order valence-electron chi connectivity index (χ4n) is 4.29. The van der Waals surface area contributed by atoms with Crippen LogP contribution in [0, 0.1) is 5.82 Å². The van der Waals surface area contributed by atoms with Crippen LogP contribution in [-0.4, -0.2) is 30.9 Å². The van der Waals surface area contributed by atoms with Crippen LogP contribution in [0.4, 0.5) is 10.1 Å². The normalized spacial score (nSPS) is 18.6. The number of fused-ring (bicyclic) bond motifs is 1. The number of benzene rings is 2. The van der Waals surface area contributed by atoms with E-state index in [4.69, 9.17) is 16.0 Å². The third-order valence-electron chi connectivity index (χ3n) is 6.09. The van der Waals surface area contributed by atoms with E-state index >= 15 is 0 Å². The van der Waals surface area contributed by atoms with E-state index in [0.29, 0.717) is 51.0 Å². The summed E-state index contributed by atoms with van der Waals surface area (Å²) in [6.45, 7) is 1.55. The highest BCUT2D eigenvalue weighted by molar-refractivity contribution is 6.35. The molecular formula is C26H23ClFN3O3. The third kappa shape index (κ3) is 4.62. The van der Waals surface area contributed by atoms with Gasteiger partial charge >= 0.3 is 0 Å². The molecule has 0 saturated carbocycles. The first-order valence-corrected chi connectivity index (χ1v) is 11.6. The van der Waals surface area contributed by atoms with Crippen LogP contribution in [0.2, 0.25) is 5.02 Å². The standard InChI is InChI=1S/C26H23ClFN3O3/c27-22-7-4-15(25(32)30-14-17-3-1-2-10-29-17)11-21(22)24-9-6-18(34-24)13-20-19-12-16(28)5-8-23(19)31-26(20)33/h4-9,11-13,17,29H,1-3,10,14H2,(H,30,32)(H,31,33)/b20-13+. The van der Waals surface area contributed by atoms with Gasteiger partial charge in [-0.25, -0.2) is 4.39 Å². The van der Waals surface area contributed by atoms with Gasteiger partial charge in [-0.05, 0) is 74.0 Å². The molecule has 0 aliphatic carbocycles. The predicted molar refractivity (Wildman–Crippen MR) is 130 cm³/mol. The van der Waals surface area contributed by atoms with Crippen molar-refractivity contribution in [3.05, 3.63) is 76.3 Å². The number of carbonyl (C=O) groups is 2. The lowest BCUT2D eigenvalue weighted by Crippen LogP contribution is -2.43. The molecule has 2 amide bonds. The minimum Gasteiger partial charge on any atom is -0.457 e. The first-order valence-electron chi connectivity index (χ1n) is 11.2. The van der Waals surface area contributed by atoms with Crippen molar-refractivity contribution < 1.29 is 18.4 Å².